The summed E-state index contributed by atoms with van der Waals surface area (Å²) in [5.41, 5.74) is 0. The van der Waals surface area contributed by atoms with Crippen LogP contribution in [0.25, 0.3) is 0 Å². The number of hydrogen-bond donors (Lipinski definition) is 3. The van der Waals surface area contributed by atoms with Gasteiger partial charge in [-0.05, 0) is 49.4 Å². The maximum Gasteiger partial charge on any atom is 0.472 e. The molecular formula is C69H134O17P2. The molecule has 5 atom stereocenters. The first-order valence-electron chi connectivity index (χ1n) is 35.7. The van der Waals surface area contributed by atoms with E-state index in [2.05, 4.69) is 55.4 Å². The first-order chi connectivity index (χ1) is 42.1. The Morgan fingerprint density at radius 2 is 0.477 bits per heavy atom. The van der Waals surface area contributed by atoms with E-state index in [0.29, 0.717) is 25.7 Å². The smallest absolute Gasteiger partial charge is 0.462 e. The van der Waals surface area contributed by atoms with E-state index in [-0.39, 0.29) is 25.7 Å². The average molecular weight is 1300 g/mol. The predicted molar refractivity (Wildman–Crippen MR) is 354 cm³/mol. The molecule has 522 valence electrons. The molecule has 0 amide bonds. The van der Waals surface area contributed by atoms with Gasteiger partial charge >= 0.3 is 39.5 Å². The Kier molecular flexibility index (Phi) is 57.6. The van der Waals surface area contributed by atoms with Crippen LogP contribution in [0.2, 0.25) is 0 Å². The molecule has 0 bridgehead atoms. The number of phosphoric ester groups is 2. The number of carbonyl (C=O) groups excluding carboxylic acids is 4. The molecule has 0 radical (unpaired) electrons. The van der Waals surface area contributed by atoms with Crippen molar-refractivity contribution in [3.63, 3.8) is 0 Å². The Morgan fingerprint density at radius 1 is 0.284 bits per heavy atom. The monoisotopic (exact) mass is 1300 g/mol. The van der Waals surface area contributed by atoms with Gasteiger partial charge in [0.05, 0.1) is 26.4 Å². The van der Waals surface area contributed by atoms with Gasteiger partial charge in [-0.15, -0.1) is 0 Å². The molecule has 0 aliphatic carbocycles. The minimum Gasteiger partial charge on any atom is -0.462 e. The maximum absolute atomic E-state index is 13.0. The van der Waals surface area contributed by atoms with Crippen LogP contribution in [0.15, 0.2) is 0 Å². The van der Waals surface area contributed by atoms with Crippen molar-refractivity contribution in [3.8, 4) is 0 Å². The van der Waals surface area contributed by atoms with E-state index in [1.165, 1.54) is 141 Å². The van der Waals surface area contributed by atoms with Gasteiger partial charge < -0.3 is 33.8 Å². The summed E-state index contributed by atoms with van der Waals surface area (Å²) < 4.78 is 68.2. The second-order valence-electron chi connectivity index (χ2n) is 26.8. The van der Waals surface area contributed by atoms with Crippen molar-refractivity contribution < 1.29 is 80.2 Å². The van der Waals surface area contributed by atoms with Crippen LogP contribution in [0.4, 0.5) is 0 Å². The normalized spacial score (nSPS) is 14.3. The highest BCUT2D eigenvalue weighted by molar-refractivity contribution is 7.47. The quantitative estimate of drug-likeness (QED) is 0.0222. The first kappa shape index (κ1) is 86.1. The van der Waals surface area contributed by atoms with Gasteiger partial charge in [-0.3, -0.25) is 37.3 Å². The second kappa shape index (κ2) is 58.8. The molecule has 0 spiro atoms. The average Bonchev–Trinajstić information content (AvgIpc) is 3.49. The van der Waals surface area contributed by atoms with Crippen LogP contribution in [-0.2, 0) is 65.4 Å². The SMILES string of the molecule is CC(C)CCCCCCCCCCCCCC(=O)OC[C@H](COP(=O)(O)OCC(O)COP(=O)(O)OC[C@@H](COC(=O)CCCCCCCCCCC(C)C)OC(=O)CCCCCCCCCCC(C)C)OC(=O)CCCCCCCCCCCC(C)C. The van der Waals surface area contributed by atoms with Gasteiger partial charge in [0, 0.05) is 25.7 Å². The first-order valence-corrected chi connectivity index (χ1v) is 38.7. The van der Waals surface area contributed by atoms with Crippen LogP contribution in [0.3, 0.4) is 0 Å². The third-order valence-corrected chi connectivity index (χ3v) is 17.7. The van der Waals surface area contributed by atoms with E-state index in [1.807, 2.05) is 0 Å². The summed E-state index contributed by atoms with van der Waals surface area (Å²) in [6, 6.07) is 0. The number of hydrogen-bond acceptors (Lipinski definition) is 15. The van der Waals surface area contributed by atoms with Gasteiger partial charge in [0.2, 0.25) is 0 Å². The Morgan fingerprint density at radius 3 is 0.705 bits per heavy atom. The maximum atomic E-state index is 13.0. The molecule has 0 aromatic carbocycles. The van der Waals surface area contributed by atoms with Crippen LogP contribution >= 0.6 is 15.6 Å². The molecule has 0 aromatic rings. The van der Waals surface area contributed by atoms with Crippen molar-refractivity contribution in [2.45, 2.75) is 356 Å². The van der Waals surface area contributed by atoms with E-state index in [9.17, 15) is 43.2 Å². The van der Waals surface area contributed by atoms with Crippen LogP contribution in [0.5, 0.6) is 0 Å². The molecule has 3 N–H and O–H groups in total. The zero-order valence-electron chi connectivity index (χ0n) is 57.3. The van der Waals surface area contributed by atoms with Gasteiger partial charge in [-0.25, -0.2) is 9.13 Å². The van der Waals surface area contributed by atoms with Crippen molar-refractivity contribution in [1.29, 1.82) is 0 Å². The third kappa shape index (κ3) is 62.8. The van der Waals surface area contributed by atoms with Crippen molar-refractivity contribution in [1.82, 2.24) is 0 Å². The summed E-state index contributed by atoms with van der Waals surface area (Å²) in [6.07, 6.45) is 40.4. The number of aliphatic hydroxyl groups is 1. The molecule has 19 heteroatoms. The number of esters is 4. The van der Waals surface area contributed by atoms with Gasteiger partial charge in [-0.2, -0.15) is 0 Å². The Labute approximate surface area is 537 Å². The molecule has 88 heavy (non-hydrogen) atoms. The highest BCUT2D eigenvalue weighted by atomic mass is 31.2. The van der Waals surface area contributed by atoms with Crippen LogP contribution in [0.1, 0.15) is 338 Å². The molecule has 0 saturated carbocycles. The summed E-state index contributed by atoms with van der Waals surface area (Å²) in [7, 11) is -9.90. The number of rotatable bonds is 66. The van der Waals surface area contributed by atoms with Crippen molar-refractivity contribution in [2.24, 2.45) is 23.7 Å². The highest BCUT2D eigenvalue weighted by Crippen LogP contribution is 2.45. The molecule has 0 rings (SSSR count). The standard InChI is InChI=1S/C69H134O17P2/c1-59(2)45-37-29-21-13-10-9-11-15-25-33-41-49-66(71)79-55-64(85-68(73)51-43-35-27-16-12-14-22-30-38-46-60(3)4)57-83-87(75,76)81-53-63(70)54-82-88(77,78)84-58-65(86-69(74)52-44-36-28-20-18-24-32-40-48-62(7)8)56-80-67(72)50-42-34-26-19-17-23-31-39-47-61(5)6/h59-65,70H,9-58H2,1-8H3,(H,75,76)(H,77,78)/t63?,64-,65-/m1/s1. The fraction of sp³-hybridized carbons (Fsp3) is 0.942. The molecule has 0 aliphatic rings. The molecule has 0 aliphatic heterocycles. The summed E-state index contributed by atoms with van der Waals surface area (Å²) in [6.45, 7) is 14.0. The Balaban J connectivity index is 5.26. The molecule has 0 saturated heterocycles. The molecule has 0 heterocycles. The molecule has 3 unspecified atom stereocenters. The van der Waals surface area contributed by atoms with Gasteiger partial charge in [0.25, 0.3) is 0 Å². The zero-order valence-corrected chi connectivity index (χ0v) is 59.1. The summed E-state index contributed by atoms with van der Waals surface area (Å²) >= 11 is 0. The lowest BCUT2D eigenvalue weighted by molar-refractivity contribution is -0.161. The van der Waals surface area contributed by atoms with Crippen LogP contribution in [-0.4, -0.2) is 96.7 Å². The predicted octanol–water partition coefficient (Wildman–Crippen LogP) is 19.3. The van der Waals surface area contributed by atoms with E-state index in [4.69, 9.17) is 37.0 Å². The minimum atomic E-state index is -4.95. The summed E-state index contributed by atoms with van der Waals surface area (Å²) in [4.78, 5) is 72.5. The van der Waals surface area contributed by atoms with Crippen LogP contribution in [0, 0.1) is 23.7 Å². The molecular weight excluding hydrogens is 1160 g/mol. The van der Waals surface area contributed by atoms with Crippen molar-refractivity contribution in [3.05, 3.63) is 0 Å². The Hall–Kier alpha value is -1.94. The molecule has 0 aromatic heterocycles. The molecule has 17 nitrogen and oxygen atoms in total. The van der Waals surface area contributed by atoms with Crippen LogP contribution < -0.4 is 0 Å². The van der Waals surface area contributed by atoms with Gasteiger partial charge in [-0.1, -0.05) is 287 Å². The largest absolute Gasteiger partial charge is 0.472 e. The summed E-state index contributed by atoms with van der Waals surface area (Å²) in [5.74, 6) is 0.820. The number of phosphoric acid groups is 2. The number of carbonyl (C=O) groups is 4. The van der Waals surface area contributed by atoms with Gasteiger partial charge in [0.15, 0.2) is 12.2 Å². The van der Waals surface area contributed by atoms with Crippen molar-refractivity contribution in [2.75, 3.05) is 39.6 Å². The molecule has 0 fully saturated rings. The number of aliphatic hydroxyl groups excluding tert-OH is 1. The summed E-state index contributed by atoms with van der Waals surface area (Å²) in [5, 5.41) is 10.6. The topological polar surface area (TPSA) is 237 Å². The van der Waals surface area contributed by atoms with E-state index in [1.54, 1.807) is 0 Å². The zero-order chi connectivity index (χ0) is 65.4. The lowest BCUT2D eigenvalue weighted by Crippen LogP contribution is -2.30. The third-order valence-electron chi connectivity index (χ3n) is 15.8. The fourth-order valence-corrected chi connectivity index (χ4v) is 11.9. The minimum absolute atomic E-state index is 0.103. The second-order valence-corrected chi connectivity index (χ2v) is 29.7. The van der Waals surface area contributed by atoms with Crippen molar-refractivity contribution >= 4 is 39.5 Å². The van der Waals surface area contributed by atoms with E-state index in [0.717, 1.165) is 114 Å². The lowest BCUT2D eigenvalue weighted by atomic mass is 10.0. The van der Waals surface area contributed by atoms with E-state index < -0.39 is 97.5 Å². The Bertz CT molecular complexity index is 1750. The van der Waals surface area contributed by atoms with E-state index >= 15 is 0 Å². The number of ether oxygens (including phenoxy) is 4. The van der Waals surface area contributed by atoms with Gasteiger partial charge in [0.1, 0.15) is 19.3 Å². The lowest BCUT2D eigenvalue weighted by Gasteiger charge is -2.21. The highest BCUT2D eigenvalue weighted by Gasteiger charge is 2.30. The fourth-order valence-electron chi connectivity index (χ4n) is 10.3. The number of unbranched alkanes of at least 4 members (excludes halogenated alkanes) is 32.